The van der Waals surface area contributed by atoms with Crippen molar-refractivity contribution in [3.63, 3.8) is 0 Å². The Labute approximate surface area is 356 Å². The molecule has 0 radical (unpaired) electrons. The molecular weight excluding hydrogens is 781 g/mol. The fourth-order valence-corrected chi connectivity index (χ4v) is 7.28. The summed E-state index contributed by atoms with van der Waals surface area (Å²) in [6.07, 6.45) is -11.1. The first kappa shape index (κ1) is 44.2. The van der Waals surface area contributed by atoms with Crippen LogP contribution in [0.4, 0.5) is 0 Å². The molecule has 5 aromatic rings. The average molecular weight is 835 g/mol. The fourth-order valence-electron chi connectivity index (χ4n) is 7.28. The van der Waals surface area contributed by atoms with Crippen LogP contribution in [-0.2, 0) is 80.5 Å². The quantitative estimate of drug-likeness (QED) is 0.0852. The fraction of sp³-hybridized carbons (Fsp3) is 0.367. The molecule has 12 nitrogen and oxygen atoms in total. The van der Waals surface area contributed by atoms with E-state index in [0.717, 1.165) is 27.8 Å². The van der Waals surface area contributed by atoms with Gasteiger partial charge in [-0.2, -0.15) is 0 Å². The third kappa shape index (κ3) is 12.9. The van der Waals surface area contributed by atoms with Crippen LogP contribution in [0.5, 0.6) is 0 Å². The Morgan fingerprint density at radius 1 is 0.459 bits per heavy atom. The molecule has 12 heteroatoms. The molecular formula is C49H54O12. The van der Waals surface area contributed by atoms with E-state index in [1.165, 1.54) is 6.92 Å². The minimum atomic E-state index is -1.30. The molecule has 5 aromatic carbocycles. The molecule has 0 bridgehead atoms. The number of hydrogen-bond donors (Lipinski definition) is 2. The highest BCUT2D eigenvalue weighted by Gasteiger charge is 2.53. The van der Waals surface area contributed by atoms with Crippen LogP contribution in [0, 0.1) is 0 Å². The van der Waals surface area contributed by atoms with Crippen molar-refractivity contribution in [2.24, 2.45) is 0 Å². The molecule has 2 N–H and O–H groups in total. The Kier molecular flexibility index (Phi) is 16.6. The number of carbonyl (C=O) groups is 1. The van der Waals surface area contributed by atoms with Crippen LogP contribution >= 0.6 is 0 Å². The van der Waals surface area contributed by atoms with Crippen molar-refractivity contribution in [3.8, 4) is 0 Å². The first-order chi connectivity index (χ1) is 29.9. The van der Waals surface area contributed by atoms with Gasteiger partial charge in [-0.1, -0.05) is 152 Å². The molecule has 0 unspecified atom stereocenters. The molecule has 0 aliphatic carbocycles. The number of rotatable bonds is 20. The van der Waals surface area contributed by atoms with Crippen LogP contribution in [0.15, 0.2) is 152 Å². The monoisotopic (exact) mass is 834 g/mol. The number of esters is 1. The molecule has 0 amide bonds. The molecule has 2 aliphatic rings. The Morgan fingerprint density at radius 3 is 1.11 bits per heavy atom. The summed E-state index contributed by atoms with van der Waals surface area (Å²) < 4.78 is 57.7. The van der Waals surface area contributed by atoms with Crippen molar-refractivity contribution in [2.45, 2.75) is 101 Å². The van der Waals surface area contributed by atoms with E-state index in [9.17, 15) is 15.0 Å². The molecule has 61 heavy (non-hydrogen) atoms. The molecule has 2 saturated heterocycles. The molecule has 7 rings (SSSR count). The van der Waals surface area contributed by atoms with Gasteiger partial charge >= 0.3 is 5.97 Å². The van der Waals surface area contributed by atoms with Crippen molar-refractivity contribution in [3.05, 3.63) is 179 Å². The SMILES string of the molecule is CC(=O)OC[C@H]1O[C@H](O[C@H]2O[C@H](COCc3ccccc3)[C@@H](O)[C@H](OCc3ccccc3)[C@H]2OCc2ccccc2)[C@H](OCc2ccccc2)[C@@H](OCc2ccccc2)[C@@H]1O. The molecule has 10 atom stereocenters. The molecule has 322 valence electrons. The standard InChI is InChI=1S/C49H54O12/c1-34(50)54-33-41-43(52)45(56-29-37-21-11-4-12-22-37)47(58-31-39-25-15-6-16-26-39)49(60-41)61-48-46(57-30-38-23-13-5-14-24-38)44(55-28-36-19-9-3-10-20-36)42(51)40(59-48)32-53-27-35-17-7-2-8-18-35/h2-26,40-49,51-52H,27-33H2,1H3/t40-,41-,42-,43-,44+,45+,46-,47-,48-,49-/m1/s1. The predicted octanol–water partition coefficient (Wildman–Crippen LogP) is 6.30. The Balaban J connectivity index is 1.22. The van der Waals surface area contributed by atoms with Gasteiger partial charge in [-0.25, -0.2) is 0 Å². The minimum absolute atomic E-state index is 0.0113. The zero-order chi connectivity index (χ0) is 42.2. The van der Waals surface area contributed by atoms with Crippen molar-refractivity contribution < 1.29 is 57.6 Å². The van der Waals surface area contributed by atoms with Crippen molar-refractivity contribution in [1.29, 1.82) is 0 Å². The van der Waals surface area contributed by atoms with Crippen LogP contribution in [0.1, 0.15) is 34.7 Å². The normalized spacial score (nSPS) is 26.4. The van der Waals surface area contributed by atoms with Crippen molar-refractivity contribution >= 4 is 5.97 Å². The first-order valence-corrected chi connectivity index (χ1v) is 20.6. The van der Waals surface area contributed by atoms with Crippen molar-refractivity contribution in [1.82, 2.24) is 0 Å². The van der Waals surface area contributed by atoms with Crippen LogP contribution in [0.3, 0.4) is 0 Å². The molecule has 2 aliphatic heterocycles. The van der Waals surface area contributed by atoms with Gasteiger partial charge in [0, 0.05) is 6.92 Å². The van der Waals surface area contributed by atoms with E-state index in [2.05, 4.69) is 0 Å². The van der Waals surface area contributed by atoms with Gasteiger partial charge in [0.1, 0.15) is 55.4 Å². The first-order valence-electron chi connectivity index (χ1n) is 20.6. The summed E-state index contributed by atoms with van der Waals surface area (Å²) in [5.74, 6) is -0.548. The van der Waals surface area contributed by atoms with Gasteiger partial charge in [-0.05, 0) is 27.8 Å². The van der Waals surface area contributed by atoms with Gasteiger partial charge in [0.2, 0.25) is 0 Å². The lowest BCUT2D eigenvalue weighted by Gasteiger charge is -2.48. The third-order valence-electron chi connectivity index (χ3n) is 10.5. The average Bonchev–Trinajstić information content (AvgIpc) is 3.29. The molecule has 0 aromatic heterocycles. The number of aliphatic hydroxyl groups is 2. The van der Waals surface area contributed by atoms with E-state index in [-0.39, 0.29) is 46.2 Å². The van der Waals surface area contributed by atoms with E-state index in [4.69, 9.17) is 42.6 Å². The maximum Gasteiger partial charge on any atom is 0.302 e. The number of hydrogen-bond acceptors (Lipinski definition) is 12. The van der Waals surface area contributed by atoms with E-state index < -0.39 is 67.4 Å². The highest BCUT2D eigenvalue weighted by molar-refractivity contribution is 5.65. The molecule has 0 saturated carbocycles. The maximum absolute atomic E-state index is 12.1. The topological polar surface area (TPSA) is 141 Å². The van der Waals surface area contributed by atoms with Gasteiger partial charge in [0.15, 0.2) is 12.6 Å². The summed E-state index contributed by atoms with van der Waals surface area (Å²) >= 11 is 0. The van der Waals surface area contributed by atoms with Crippen molar-refractivity contribution in [2.75, 3.05) is 13.2 Å². The van der Waals surface area contributed by atoms with Gasteiger partial charge in [0.25, 0.3) is 0 Å². The van der Waals surface area contributed by atoms with Crippen LogP contribution in [0.25, 0.3) is 0 Å². The van der Waals surface area contributed by atoms with Gasteiger partial charge in [-0.3, -0.25) is 4.79 Å². The van der Waals surface area contributed by atoms with Crippen LogP contribution in [-0.4, -0.2) is 90.8 Å². The summed E-state index contributed by atoms with van der Waals surface area (Å²) in [5, 5.41) is 23.9. The number of carbonyl (C=O) groups excluding carboxylic acids is 1. The molecule has 0 spiro atoms. The maximum atomic E-state index is 12.1. The summed E-state index contributed by atoms with van der Waals surface area (Å²) in [4.78, 5) is 12.1. The smallest absolute Gasteiger partial charge is 0.302 e. The number of ether oxygens (including phenoxy) is 9. The van der Waals surface area contributed by atoms with Gasteiger partial charge in [-0.15, -0.1) is 0 Å². The van der Waals surface area contributed by atoms with E-state index in [1.54, 1.807) is 0 Å². The second kappa shape index (κ2) is 22.9. The minimum Gasteiger partial charge on any atom is -0.463 e. The van der Waals surface area contributed by atoms with E-state index in [0.29, 0.717) is 0 Å². The predicted molar refractivity (Wildman–Crippen MR) is 223 cm³/mol. The number of benzene rings is 5. The molecule has 2 heterocycles. The lowest BCUT2D eigenvalue weighted by atomic mass is 9.97. The zero-order valence-corrected chi connectivity index (χ0v) is 34.1. The second-order valence-electron chi connectivity index (χ2n) is 15.1. The highest BCUT2D eigenvalue weighted by atomic mass is 16.8. The van der Waals surface area contributed by atoms with Crippen LogP contribution < -0.4 is 0 Å². The van der Waals surface area contributed by atoms with Crippen LogP contribution in [0.2, 0.25) is 0 Å². The third-order valence-corrected chi connectivity index (χ3v) is 10.5. The highest BCUT2D eigenvalue weighted by Crippen LogP contribution is 2.34. The number of aliphatic hydroxyl groups excluding tert-OH is 2. The summed E-state index contributed by atoms with van der Waals surface area (Å²) in [6, 6.07) is 48.1. The van der Waals surface area contributed by atoms with E-state index >= 15 is 0 Å². The lowest BCUT2D eigenvalue weighted by Crippen LogP contribution is -2.65. The zero-order valence-electron chi connectivity index (χ0n) is 34.1. The Bertz CT molecular complexity index is 1990. The molecule has 2 fully saturated rings. The summed E-state index contributed by atoms with van der Waals surface area (Å²) in [7, 11) is 0. The largest absolute Gasteiger partial charge is 0.463 e. The lowest BCUT2D eigenvalue weighted by molar-refractivity contribution is -0.390. The van der Waals surface area contributed by atoms with E-state index in [1.807, 2.05) is 152 Å². The Morgan fingerprint density at radius 2 is 0.770 bits per heavy atom. The Hall–Kier alpha value is -4.83. The summed E-state index contributed by atoms with van der Waals surface area (Å²) in [5.41, 5.74) is 4.46. The second-order valence-corrected chi connectivity index (χ2v) is 15.1. The van der Waals surface area contributed by atoms with Gasteiger partial charge in [0.05, 0.1) is 39.6 Å². The van der Waals surface area contributed by atoms with Gasteiger partial charge < -0.3 is 52.8 Å². The summed E-state index contributed by atoms with van der Waals surface area (Å²) in [6.45, 7) is 1.81.